The van der Waals surface area contributed by atoms with Gasteiger partial charge in [0.2, 0.25) is 5.95 Å². The van der Waals surface area contributed by atoms with E-state index in [1.807, 2.05) is 48.5 Å². The van der Waals surface area contributed by atoms with Gasteiger partial charge in [-0.25, -0.2) is 4.98 Å². The average Bonchev–Trinajstić information content (AvgIpc) is 3.24. The number of rotatable bonds is 5. The number of amides is 1. The van der Waals surface area contributed by atoms with Gasteiger partial charge in [-0.1, -0.05) is 35.4 Å². The summed E-state index contributed by atoms with van der Waals surface area (Å²) in [7, 11) is 0. The molecule has 1 aliphatic heterocycles. The number of hydrogen-bond donors (Lipinski definition) is 0. The molecule has 29 heavy (non-hydrogen) atoms. The number of hydrogen-bond acceptors (Lipinski definition) is 4. The molecule has 2 heterocycles. The Morgan fingerprint density at radius 2 is 1.55 bits per heavy atom. The van der Waals surface area contributed by atoms with Crippen LogP contribution in [0.1, 0.15) is 11.1 Å². The van der Waals surface area contributed by atoms with Crippen LogP contribution < -0.4 is 9.64 Å². The van der Waals surface area contributed by atoms with E-state index >= 15 is 0 Å². The molecule has 6 nitrogen and oxygen atoms in total. The van der Waals surface area contributed by atoms with Gasteiger partial charge in [-0.05, 0) is 38.1 Å². The minimum absolute atomic E-state index is 0.0205. The topological polar surface area (TPSA) is 50.6 Å². The van der Waals surface area contributed by atoms with Gasteiger partial charge >= 0.3 is 0 Å². The standard InChI is InChI=1S/C23H26N4O2/c1-18-3-7-20(8-4-18)27-12-11-24-23(27)26-15-13-25(14-16-26)22(28)17-29-21-9-5-19(2)6-10-21/h3-12H,13-17H2,1-2H3. The lowest BCUT2D eigenvalue weighted by Crippen LogP contribution is -2.50. The number of aryl methyl sites for hydroxylation is 2. The smallest absolute Gasteiger partial charge is 0.260 e. The maximum atomic E-state index is 12.5. The first-order valence-electron chi connectivity index (χ1n) is 9.93. The monoisotopic (exact) mass is 390 g/mol. The summed E-state index contributed by atoms with van der Waals surface area (Å²) in [5.74, 6) is 1.66. The molecule has 1 amide bonds. The van der Waals surface area contributed by atoms with Gasteiger partial charge < -0.3 is 14.5 Å². The van der Waals surface area contributed by atoms with Crippen molar-refractivity contribution < 1.29 is 9.53 Å². The zero-order valence-corrected chi connectivity index (χ0v) is 16.9. The van der Waals surface area contributed by atoms with Crippen LogP contribution >= 0.6 is 0 Å². The second-order valence-electron chi connectivity index (χ2n) is 7.40. The minimum atomic E-state index is 0.0205. The molecule has 4 rings (SSSR count). The van der Waals surface area contributed by atoms with Crippen LogP contribution in [0.2, 0.25) is 0 Å². The lowest BCUT2D eigenvalue weighted by atomic mass is 10.2. The maximum absolute atomic E-state index is 12.5. The lowest BCUT2D eigenvalue weighted by Gasteiger charge is -2.35. The van der Waals surface area contributed by atoms with Crippen molar-refractivity contribution in [2.24, 2.45) is 0 Å². The lowest BCUT2D eigenvalue weighted by molar-refractivity contribution is -0.133. The molecule has 0 atom stereocenters. The van der Waals surface area contributed by atoms with Gasteiger partial charge in [0.25, 0.3) is 5.91 Å². The highest BCUT2D eigenvalue weighted by Gasteiger charge is 2.24. The number of aromatic nitrogens is 2. The molecule has 0 radical (unpaired) electrons. The maximum Gasteiger partial charge on any atom is 0.260 e. The Bertz CT molecular complexity index is 955. The first-order chi connectivity index (χ1) is 14.1. The molecule has 1 saturated heterocycles. The van der Waals surface area contributed by atoms with E-state index in [2.05, 4.69) is 45.6 Å². The second-order valence-corrected chi connectivity index (χ2v) is 7.40. The number of nitrogens with zero attached hydrogens (tertiary/aromatic N) is 4. The summed E-state index contributed by atoms with van der Waals surface area (Å²) in [5, 5.41) is 0. The van der Waals surface area contributed by atoms with Gasteiger partial charge in [0.15, 0.2) is 6.61 Å². The van der Waals surface area contributed by atoms with Crippen molar-refractivity contribution in [3.05, 3.63) is 72.1 Å². The van der Waals surface area contributed by atoms with Crippen molar-refractivity contribution in [3.63, 3.8) is 0 Å². The third kappa shape index (κ3) is 4.42. The molecule has 0 aliphatic carbocycles. The molecule has 2 aromatic carbocycles. The van der Waals surface area contributed by atoms with Gasteiger partial charge in [0, 0.05) is 44.3 Å². The molecule has 1 fully saturated rings. The van der Waals surface area contributed by atoms with E-state index in [0.29, 0.717) is 13.1 Å². The molecule has 0 N–H and O–H groups in total. The zero-order chi connectivity index (χ0) is 20.2. The van der Waals surface area contributed by atoms with Crippen LogP contribution in [0.3, 0.4) is 0 Å². The summed E-state index contributed by atoms with van der Waals surface area (Å²) in [6.07, 6.45) is 3.80. The predicted octanol–water partition coefficient (Wildman–Crippen LogP) is 3.22. The molecule has 0 spiro atoms. The highest BCUT2D eigenvalue weighted by Crippen LogP contribution is 2.20. The molecule has 150 valence electrons. The molecule has 1 aliphatic rings. The van der Waals surface area contributed by atoms with Crippen LogP contribution in [0.5, 0.6) is 5.75 Å². The molecule has 1 aromatic heterocycles. The van der Waals surface area contributed by atoms with Crippen LogP contribution in [0.4, 0.5) is 5.95 Å². The predicted molar refractivity (Wildman–Crippen MR) is 114 cm³/mol. The van der Waals surface area contributed by atoms with Crippen LogP contribution in [0, 0.1) is 13.8 Å². The number of piperazine rings is 1. The van der Waals surface area contributed by atoms with Gasteiger partial charge in [-0.2, -0.15) is 0 Å². The normalized spacial score (nSPS) is 14.1. The summed E-state index contributed by atoms with van der Waals surface area (Å²) in [6, 6.07) is 16.2. The zero-order valence-electron chi connectivity index (χ0n) is 16.9. The summed E-state index contributed by atoms with van der Waals surface area (Å²) < 4.78 is 7.74. The fraction of sp³-hybridized carbons (Fsp3) is 0.304. The molecular formula is C23H26N4O2. The Labute approximate surface area is 171 Å². The van der Waals surface area contributed by atoms with Gasteiger partial charge in [-0.3, -0.25) is 9.36 Å². The molecule has 3 aromatic rings. The van der Waals surface area contributed by atoms with Crippen molar-refractivity contribution in [2.75, 3.05) is 37.7 Å². The highest BCUT2D eigenvalue weighted by molar-refractivity contribution is 5.78. The van der Waals surface area contributed by atoms with E-state index in [-0.39, 0.29) is 12.5 Å². The quantitative estimate of drug-likeness (QED) is 0.671. The van der Waals surface area contributed by atoms with E-state index in [4.69, 9.17) is 4.74 Å². The molecule has 6 heteroatoms. The number of ether oxygens (including phenoxy) is 1. The van der Waals surface area contributed by atoms with Crippen molar-refractivity contribution in [1.29, 1.82) is 0 Å². The number of carbonyl (C=O) groups is 1. The second kappa shape index (κ2) is 8.39. The number of carbonyl (C=O) groups excluding carboxylic acids is 1. The molecule has 0 saturated carbocycles. The van der Waals surface area contributed by atoms with E-state index in [1.165, 1.54) is 11.1 Å². The summed E-state index contributed by atoms with van der Waals surface area (Å²) in [6.45, 7) is 7.00. The SMILES string of the molecule is Cc1ccc(OCC(=O)N2CCN(c3nccn3-c3ccc(C)cc3)CC2)cc1. The summed E-state index contributed by atoms with van der Waals surface area (Å²) in [4.78, 5) is 21.2. The molecular weight excluding hydrogens is 364 g/mol. The van der Waals surface area contributed by atoms with E-state index in [9.17, 15) is 4.79 Å². The van der Waals surface area contributed by atoms with Crippen LogP contribution in [-0.4, -0.2) is 53.1 Å². The Balaban J connectivity index is 1.34. The molecule has 0 bridgehead atoms. The number of benzene rings is 2. The summed E-state index contributed by atoms with van der Waals surface area (Å²) >= 11 is 0. The van der Waals surface area contributed by atoms with Gasteiger partial charge in [0.05, 0.1) is 0 Å². The van der Waals surface area contributed by atoms with Crippen molar-refractivity contribution in [1.82, 2.24) is 14.5 Å². The number of imidazole rings is 1. The van der Waals surface area contributed by atoms with Gasteiger partial charge in [-0.15, -0.1) is 0 Å². The minimum Gasteiger partial charge on any atom is -0.484 e. The fourth-order valence-corrected chi connectivity index (χ4v) is 3.46. The van der Waals surface area contributed by atoms with E-state index in [0.717, 1.165) is 30.5 Å². The van der Waals surface area contributed by atoms with Crippen molar-refractivity contribution in [3.8, 4) is 11.4 Å². The van der Waals surface area contributed by atoms with Crippen LogP contribution in [0.25, 0.3) is 5.69 Å². The largest absolute Gasteiger partial charge is 0.484 e. The molecule has 0 unspecified atom stereocenters. The van der Waals surface area contributed by atoms with E-state index in [1.54, 1.807) is 0 Å². The summed E-state index contributed by atoms with van der Waals surface area (Å²) in [5.41, 5.74) is 3.49. The first kappa shape index (κ1) is 19.1. The van der Waals surface area contributed by atoms with Crippen molar-refractivity contribution >= 4 is 11.9 Å². The Morgan fingerprint density at radius 3 is 2.21 bits per heavy atom. The third-order valence-corrected chi connectivity index (χ3v) is 5.23. The Kier molecular flexibility index (Phi) is 5.51. The highest BCUT2D eigenvalue weighted by atomic mass is 16.5. The van der Waals surface area contributed by atoms with Crippen LogP contribution in [0.15, 0.2) is 60.9 Å². The van der Waals surface area contributed by atoms with Gasteiger partial charge in [0.1, 0.15) is 5.75 Å². The Hall–Kier alpha value is -3.28. The Morgan fingerprint density at radius 1 is 0.931 bits per heavy atom. The number of anilines is 1. The van der Waals surface area contributed by atoms with Crippen LogP contribution in [-0.2, 0) is 4.79 Å². The van der Waals surface area contributed by atoms with E-state index < -0.39 is 0 Å². The third-order valence-electron chi connectivity index (χ3n) is 5.23. The van der Waals surface area contributed by atoms with Crippen molar-refractivity contribution in [2.45, 2.75) is 13.8 Å². The first-order valence-corrected chi connectivity index (χ1v) is 9.93. The fourth-order valence-electron chi connectivity index (χ4n) is 3.46. The average molecular weight is 390 g/mol.